The highest BCUT2D eigenvalue weighted by Gasteiger charge is 2.20. The second-order valence-corrected chi connectivity index (χ2v) is 6.19. The van der Waals surface area contributed by atoms with Gasteiger partial charge in [-0.2, -0.15) is 0 Å². The Hall–Kier alpha value is -1.80. The van der Waals surface area contributed by atoms with Crippen molar-refractivity contribution in [3.63, 3.8) is 0 Å². The van der Waals surface area contributed by atoms with E-state index in [2.05, 4.69) is 23.1 Å². The molecule has 0 radical (unpaired) electrons. The number of aliphatic hydroxyl groups excluding tert-OH is 1. The standard InChI is InChI=1S/C19H23NO/c1-20(2)18-11-9-15(10-12-18)19(21)17-8-4-7-16(13-17)14-5-3-6-14/h4,7-14,19,21H,3,5-6H2,1-2H3. The van der Waals surface area contributed by atoms with Crippen LogP contribution in [0.4, 0.5) is 5.69 Å². The minimum atomic E-state index is -0.541. The van der Waals surface area contributed by atoms with Crippen molar-refractivity contribution >= 4 is 5.69 Å². The van der Waals surface area contributed by atoms with Gasteiger partial charge in [0.25, 0.3) is 0 Å². The molecule has 1 N–H and O–H groups in total. The second kappa shape index (κ2) is 5.90. The molecule has 2 heteroatoms. The lowest BCUT2D eigenvalue weighted by Gasteiger charge is -2.26. The average Bonchev–Trinajstić information content (AvgIpc) is 2.45. The van der Waals surface area contributed by atoms with Gasteiger partial charge >= 0.3 is 0 Å². The Morgan fingerprint density at radius 3 is 2.29 bits per heavy atom. The van der Waals surface area contributed by atoms with Crippen LogP contribution in [0.25, 0.3) is 0 Å². The van der Waals surface area contributed by atoms with Crippen LogP contribution in [0.3, 0.4) is 0 Å². The normalized spacial score (nSPS) is 16.3. The Morgan fingerprint density at radius 2 is 1.71 bits per heavy atom. The van der Waals surface area contributed by atoms with E-state index in [0.29, 0.717) is 5.92 Å². The van der Waals surface area contributed by atoms with Crippen molar-refractivity contribution in [3.05, 3.63) is 65.2 Å². The highest BCUT2D eigenvalue weighted by molar-refractivity contribution is 5.47. The number of hydrogen-bond acceptors (Lipinski definition) is 2. The number of nitrogens with zero attached hydrogens (tertiary/aromatic N) is 1. The van der Waals surface area contributed by atoms with Gasteiger partial charge in [0.2, 0.25) is 0 Å². The minimum absolute atomic E-state index is 0.541. The zero-order valence-corrected chi connectivity index (χ0v) is 12.8. The summed E-state index contributed by atoms with van der Waals surface area (Å²) in [7, 11) is 4.04. The van der Waals surface area contributed by atoms with Crippen molar-refractivity contribution < 1.29 is 5.11 Å². The van der Waals surface area contributed by atoms with Gasteiger partial charge in [0.1, 0.15) is 6.10 Å². The van der Waals surface area contributed by atoms with Crippen LogP contribution in [0.2, 0.25) is 0 Å². The predicted molar refractivity (Wildman–Crippen MR) is 87.9 cm³/mol. The van der Waals surface area contributed by atoms with Crippen LogP contribution in [-0.2, 0) is 0 Å². The number of anilines is 1. The molecule has 110 valence electrons. The van der Waals surface area contributed by atoms with Gasteiger partial charge in [-0.25, -0.2) is 0 Å². The maximum Gasteiger partial charge on any atom is 0.104 e. The number of rotatable bonds is 4. The number of benzene rings is 2. The lowest BCUT2D eigenvalue weighted by molar-refractivity contribution is 0.220. The molecule has 1 saturated carbocycles. The Morgan fingerprint density at radius 1 is 1.00 bits per heavy atom. The van der Waals surface area contributed by atoms with Gasteiger partial charge in [0.15, 0.2) is 0 Å². The summed E-state index contributed by atoms with van der Waals surface area (Å²) in [5, 5.41) is 10.6. The molecule has 3 rings (SSSR count). The van der Waals surface area contributed by atoms with Crippen LogP contribution in [-0.4, -0.2) is 19.2 Å². The molecule has 1 unspecified atom stereocenters. The predicted octanol–water partition coefficient (Wildman–Crippen LogP) is 4.10. The molecule has 1 aliphatic rings. The molecule has 0 aliphatic heterocycles. The first kappa shape index (κ1) is 14.2. The Kier molecular flexibility index (Phi) is 3.98. The first-order valence-electron chi connectivity index (χ1n) is 7.70. The van der Waals surface area contributed by atoms with E-state index in [1.165, 1.54) is 24.8 Å². The maximum atomic E-state index is 10.6. The van der Waals surface area contributed by atoms with E-state index in [1.807, 2.05) is 44.4 Å². The van der Waals surface area contributed by atoms with Crippen LogP contribution < -0.4 is 4.90 Å². The summed E-state index contributed by atoms with van der Waals surface area (Å²) < 4.78 is 0. The average molecular weight is 281 g/mol. The lowest BCUT2D eigenvalue weighted by atomic mass is 9.79. The molecule has 0 spiro atoms. The van der Waals surface area contributed by atoms with Crippen molar-refractivity contribution in [2.24, 2.45) is 0 Å². The molecule has 0 aromatic heterocycles. The molecule has 0 heterocycles. The molecule has 1 fully saturated rings. The quantitative estimate of drug-likeness (QED) is 0.912. The fraction of sp³-hybridized carbons (Fsp3) is 0.368. The van der Waals surface area contributed by atoms with Gasteiger partial charge in [-0.3, -0.25) is 0 Å². The highest BCUT2D eigenvalue weighted by Crippen LogP contribution is 2.37. The molecule has 0 saturated heterocycles. The van der Waals surface area contributed by atoms with Gasteiger partial charge in [0.05, 0.1) is 0 Å². The zero-order chi connectivity index (χ0) is 14.8. The first-order valence-corrected chi connectivity index (χ1v) is 7.70. The Balaban J connectivity index is 1.82. The van der Waals surface area contributed by atoms with E-state index in [9.17, 15) is 5.11 Å². The minimum Gasteiger partial charge on any atom is -0.384 e. The molecule has 2 nitrogen and oxygen atoms in total. The molecule has 0 amide bonds. The fourth-order valence-electron chi connectivity index (χ4n) is 2.87. The van der Waals surface area contributed by atoms with E-state index >= 15 is 0 Å². The van der Waals surface area contributed by atoms with E-state index in [1.54, 1.807) is 0 Å². The fourth-order valence-corrected chi connectivity index (χ4v) is 2.87. The lowest BCUT2D eigenvalue weighted by Crippen LogP contribution is -2.10. The molecule has 0 bridgehead atoms. The summed E-state index contributed by atoms with van der Waals surface area (Å²) in [5.74, 6) is 0.702. The molecule has 1 aliphatic carbocycles. The SMILES string of the molecule is CN(C)c1ccc(C(O)c2cccc(C3CCC3)c2)cc1. The summed E-state index contributed by atoms with van der Waals surface area (Å²) in [5.41, 5.74) is 4.47. The van der Waals surface area contributed by atoms with Crippen LogP contribution in [0, 0.1) is 0 Å². The number of aliphatic hydroxyl groups is 1. The van der Waals surface area contributed by atoms with Crippen LogP contribution in [0.1, 0.15) is 48.0 Å². The van der Waals surface area contributed by atoms with E-state index in [4.69, 9.17) is 0 Å². The largest absolute Gasteiger partial charge is 0.384 e. The Labute approximate surface area is 127 Å². The van der Waals surface area contributed by atoms with Crippen LogP contribution in [0.15, 0.2) is 48.5 Å². The summed E-state index contributed by atoms with van der Waals surface area (Å²) in [4.78, 5) is 2.06. The summed E-state index contributed by atoms with van der Waals surface area (Å²) in [6, 6.07) is 16.6. The van der Waals surface area contributed by atoms with Crippen molar-refractivity contribution in [1.82, 2.24) is 0 Å². The van der Waals surface area contributed by atoms with Crippen molar-refractivity contribution in [2.75, 3.05) is 19.0 Å². The zero-order valence-electron chi connectivity index (χ0n) is 12.8. The van der Waals surface area contributed by atoms with Crippen molar-refractivity contribution in [2.45, 2.75) is 31.3 Å². The summed E-state index contributed by atoms with van der Waals surface area (Å²) in [6.07, 6.45) is 3.37. The summed E-state index contributed by atoms with van der Waals surface area (Å²) in [6.45, 7) is 0. The summed E-state index contributed by atoms with van der Waals surface area (Å²) >= 11 is 0. The van der Waals surface area contributed by atoms with Crippen molar-refractivity contribution in [1.29, 1.82) is 0 Å². The monoisotopic (exact) mass is 281 g/mol. The third-order valence-corrected chi connectivity index (χ3v) is 4.53. The van der Waals surface area contributed by atoms with Crippen LogP contribution in [0.5, 0.6) is 0 Å². The van der Waals surface area contributed by atoms with E-state index < -0.39 is 6.10 Å². The van der Waals surface area contributed by atoms with Gasteiger partial charge in [-0.1, -0.05) is 42.8 Å². The topological polar surface area (TPSA) is 23.5 Å². The van der Waals surface area contributed by atoms with Gasteiger partial charge < -0.3 is 10.0 Å². The van der Waals surface area contributed by atoms with E-state index in [0.717, 1.165) is 16.8 Å². The molecular formula is C19H23NO. The van der Waals surface area contributed by atoms with Crippen molar-refractivity contribution in [3.8, 4) is 0 Å². The smallest absolute Gasteiger partial charge is 0.104 e. The van der Waals surface area contributed by atoms with Crippen LogP contribution >= 0.6 is 0 Å². The second-order valence-electron chi connectivity index (χ2n) is 6.19. The first-order chi connectivity index (χ1) is 10.1. The van der Waals surface area contributed by atoms with Gasteiger partial charge in [0, 0.05) is 19.8 Å². The number of hydrogen-bond donors (Lipinski definition) is 1. The molecule has 1 atom stereocenters. The van der Waals surface area contributed by atoms with Gasteiger partial charge in [-0.05, 0) is 47.6 Å². The molecule has 2 aromatic carbocycles. The highest BCUT2D eigenvalue weighted by atomic mass is 16.3. The van der Waals surface area contributed by atoms with E-state index in [-0.39, 0.29) is 0 Å². The maximum absolute atomic E-state index is 10.6. The Bertz CT molecular complexity index is 599. The third-order valence-electron chi connectivity index (χ3n) is 4.53. The molecule has 2 aromatic rings. The third kappa shape index (κ3) is 2.96. The molecular weight excluding hydrogens is 258 g/mol. The van der Waals surface area contributed by atoms with Gasteiger partial charge in [-0.15, -0.1) is 0 Å². The molecule has 21 heavy (non-hydrogen) atoms.